The van der Waals surface area contributed by atoms with E-state index >= 15 is 0 Å². The van der Waals surface area contributed by atoms with Gasteiger partial charge >= 0.3 is 0 Å². The summed E-state index contributed by atoms with van der Waals surface area (Å²) >= 11 is 0. The quantitative estimate of drug-likeness (QED) is 0.756. The normalized spacial score (nSPS) is 16.7. The molecule has 0 bridgehead atoms. The van der Waals surface area contributed by atoms with Crippen molar-refractivity contribution < 1.29 is 4.74 Å². The summed E-state index contributed by atoms with van der Waals surface area (Å²) in [4.78, 5) is 0. The third-order valence-electron chi connectivity index (χ3n) is 4.00. The van der Waals surface area contributed by atoms with Crippen molar-refractivity contribution in [3.8, 4) is 0 Å². The molecule has 0 unspecified atom stereocenters. The highest BCUT2D eigenvalue weighted by molar-refractivity contribution is 5.26. The van der Waals surface area contributed by atoms with Crippen LogP contribution in [-0.2, 0) is 17.7 Å². The summed E-state index contributed by atoms with van der Waals surface area (Å²) in [7, 11) is 0. The minimum Gasteiger partial charge on any atom is -0.377 e. The summed E-state index contributed by atoms with van der Waals surface area (Å²) in [5.74, 6) is 0. The molecule has 1 fully saturated rings. The van der Waals surface area contributed by atoms with Crippen LogP contribution in [0.2, 0.25) is 0 Å². The monoisotopic (exact) mass is 261 g/mol. The second-order valence-corrected chi connectivity index (χ2v) is 5.43. The highest BCUT2D eigenvalue weighted by Crippen LogP contribution is 2.19. The highest BCUT2D eigenvalue weighted by Gasteiger charge is 2.12. The summed E-state index contributed by atoms with van der Waals surface area (Å²) in [6.45, 7) is 4.97. The van der Waals surface area contributed by atoms with Gasteiger partial charge < -0.3 is 10.1 Å². The zero-order chi connectivity index (χ0) is 13.3. The van der Waals surface area contributed by atoms with Crippen molar-refractivity contribution in [3.05, 3.63) is 35.4 Å². The molecule has 1 aliphatic carbocycles. The topological polar surface area (TPSA) is 21.3 Å². The summed E-state index contributed by atoms with van der Waals surface area (Å²) in [5, 5.41) is 3.49. The Morgan fingerprint density at radius 1 is 1.11 bits per heavy atom. The van der Waals surface area contributed by atoms with Gasteiger partial charge in [0.15, 0.2) is 0 Å². The minimum absolute atomic E-state index is 0.526. The van der Waals surface area contributed by atoms with Crippen LogP contribution in [-0.4, -0.2) is 19.3 Å². The average Bonchev–Trinajstić information content (AvgIpc) is 2.48. The molecule has 1 N–H and O–H groups in total. The van der Waals surface area contributed by atoms with E-state index in [0.717, 1.165) is 26.1 Å². The lowest BCUT2D eigenvalue weighted by molar-refractivity contribution is 0.0302. The molecule has 1 saturated carbocycles. The number of nitrogens with one attached hydrogen (secondary N) is 1. The lowest BCUT2D eigenvalue weighted by Crippen LogP contribution is -2.24. The molecule has 0 saturated heterocycles. The van der Waals surface area contributed by atoms with Crippen LogP contribution in [0.25, 0.3) is 0 Å². The number of aryl methyl sites for hydroxylation is 1. The van der Waals surface area contributed by atoms with Gasteiger partial charge in [-0.3, -0.25) is 0 Å². The van der Waals surface area contributed by atoms with Crippen molar-refractivity contribution in [2.24, 2.45) is 0 Å². The van der Waals surface area contributed by atoms with Crippen molar-refractivity contribution in [1.29, 1.82) is 0 Å². The van der Waals surface area contributed by atoms with Gasteiger partial charge in [-0.15, -0.1) is 0 Å². The Morgan fingerprint density at radius 3 is 2.58 bits per heavy atom. The second kappa shape index (κ2) is 8.34. The van der Waals surface area contributed by atoms with Gasteiger partial charge in [0.1, 0.15) is 0 Å². The lowest BCUT2D eigenvalue weighted by Gasteiger charge is -2.22. The molecule has 19 heavy (non-hydrogen) atoms. The molecule has 0 amide bonds. The number of ether oxygens (including phenoxy) is 1. The molecular formula is C17H27NO. The molecule has 0 radical (unpaired) electrons. The molecule has 1 aromatic carbocycles. The van der Waals surface area contributed by atoms with Crippen LogP contribution in [0.3, 0.4) is 0 Å². The van der Waals surface area contributed by atoms with Crippen LogP contribution >= 0.6 is 0 Å². The molecule has 1 aromatic rings. The summed E-state index contributed by atoms with van der Waals surface area (Å²) < 4.78 is 5.91. The van der Waals surface area contributed by atoms with Crippen molar-refractivity contribution in [2.45, 2.75) is 58.1 Å². The number of hydrogen-bond acceptors (Lipinski definition) is 2. The van der Waals surface area contributed by atoms with E-state index < -0.39 is 0 Å². The maximum atomic E-state index is 5.91. The smallest absolute Gasteiger partial charge is 0.0594 e. The SMILES string of the molecule is CCc1ccccc1CNCCOC1CCCCC1. The zero-order valence-corrected chi connectivity index (χ0v) is 12.2. The van der Waals surface area contributed by atoms with Gasteiger partial charge in [-0.05, 0) is 30.4 Å². The Bertz CT molecular complexity index is 358. The highest BCUT2D eigenvalue weighted by atomic mass is 16.5. The Hall–Kier alpha value is -0.860. The maximum absolute atomic E-state index is 5.91. The number of hydrogen-bond donors (Lipinski definition) is 1. The van der Waals surface area contributed by atoms with E-state index in [4.69, 9.17) is 4.74 Å². The summed E-state index contributed by atoms with van der Waals surface area (Å²) in [6, 6.07) is 8.67. The molecular weight excluding hydrogens is 234 g/mol. The van der Waals surface area contributed by atoms with E-state index in [1.165, 1.54) is 43.2 Å². The molecule has 0 atom stereocenters. The zero-order valence-electron chi connectivity index (χ0n) is 12.2. The second-order valence-electron chi connectivity index (χ2n) is 5.43. The molecule has 0 aliphatic heterocycles. The van der Waals surface area contributed by atoms with E-state index in [9.17, 15) is 0 Å². The van der Waals surface area contributed by atoms with Gasteiger partial charge in [0.2, 0.25) is 0 Å². The summed E-state index contributed by atoms with van der Waals surface area (Å²) in [5.41, 5.74) is 2.87. The molecule has 0 spiro atoms. The van der Waals surface area contributed by atoms with E-state index in [1.807, 2.05) is 0 Å². The third kappa shape index (κ3) is 4.96. The molecule has 0 aromatic heterocycles. The average molecular weight is 261 g/mol. The fraction of sp³-hybridized carbons (Fsp3) is 0.647. The first kappa shape index (κ1) is 14.5. The van der Waals surface area contributed by atoms with E-state index in [0.29, 0.717) is 6.10 Å². The third-order valence-corrected chi connectivity index (χ3v) is 4.00. The van der Waals surface area contributed by atoms with E-state index in [1.54, 1.807) is 0 Å². The van der Waals surface area contributed by atoms with Gasteiger partial charge in [0.05, 0.1) is 12.7 Å². The Morgan fingerprint density at radius 2 is 1.84 bits per heavy atom. The molecule has 2 heteroatoms. The van der Waals surface area contributed by atoms with Gasteiger partial charge in [-0.25, -0.2) is 0 Å². The number of rotatable bonds is 7. The maximum Gasteiger partial charge on any atom is 0.0594 e. The fourth-order valence-corrected chi connectivity index (χ4v) is 2.83. The van der Waals surface area contributed by atoms with E-state index in [2.05, 4.69) is 36.5 Å². The van der Waals surface area contributed by atoms with Gasteiger partial charge in [0, 0.05) is 13.1 Å². The molecule has 0 heterocycles. The molecule has 2 rings (SSSR count). The lowest BCUT2D eigenvalue weighted by atomic mass is 9.98. The van der Waals surface area contributed by atoms with E-state index in [-0.39, 0.29) is 0 Å². The van der Waals surface area contributed by atoms with Crippen LogP contribution in [0.5, 0.6) is 0 Å². The fourth-order valence-electron chi connectivity index (χ4n) is 2.83. The van der Waals surface area contributed by atoms with Crippen molar-refractivity contribution in [2.75, 3.05) is 13.2 Å². The Labute approximate surface area is 117 Å². The first-order valence-electron chi connectivity index (χ1n) is 7.79. The summed E-state index contributed by atoms with van der Waals surface area (Å²) in [6.07, 6.45) is 8.25. The van der Waals surface area contributed by atoms with Crippen molar-refractivity contribution in [3.63, 3.8) is 0 Å². The first-order chi connectivity index (χ1) is 9.40. The Kier molecular flexibility index (Phi) is 6.38. The van der Waals surface area contributed by atoms with Gasteiger partial charge in [-0.1, -0.05) is 50.5 Å². The van der Waals surface area contributed by atoms with Crippen LogP contribution in [0, 0.1) is 0 Å². The standard InChI is InChI=1S/C17H27NO/c1-2-15-8-6-7-9-16(15)14-18-12-13-19-17-10-4-3-5-11-17/h6-9,17-18H,2-5,10-14H2,1H3. The predicted octanol–water partition coefficient (Wildman–Crippen LogP) is 3.69. The molecule has 2 nitrogen and oxygen atoms in total. The van der Waals surface area contributed by atoms with Crippen molar-refractivity contribution in [1.82, 2.24) is 5.32 Å². The largest absolute Gasteiger partial charge is 0.377 e. The first-order valence-corrected chi connectivity index (χ1v) is 7.79. The van der Waals surface area contributed by atoms with Crippen molar-refractivity contribution >= 4 is 0 Å². The van der Waals surface area contributed by atoms with Crippen LogP contribution in [0.4, 0.5) is 0 Å². The van der Waals surface area contributed by atoms with Crippen LogP contribution in [0.15, 0.2) is 24.3 Å². The Balaban J connectivity index is 1.61. The molecule has 106 valence electrons. The molecule has 1 aliphatic rings. The van der Waals surface area contributed by atoms with Gasteiger partial charge in [0.25, 0.3) is 0 Å². The minimum atomic E-state index is 0.526. The number of benzene rings is 1. The van der Waals surface area contributed by atoms with Crippen LogP contribution in [0.1, 0.15) is 50.2 Å². The van der Waals surface area contributed by atoms with Gasteiger partial charge in [-0.2, -0.15) is 0 Å². The van der Waals surface area contributed by atoms with Crippen LogP contribution < -0.4 is 5.32 Å². The predicted molar refractivity (Wildman–Crippen MR) is 80.4 cm³/mol.